The van der Waals surface area contributed by atoms with E-state index < -0.39 is 0 Å². The molecule has 0 unspecified atom stereocenters. The molecule has 0 spiro atoms. The number of piperidine rings is 1. The minimum absolute atomic E-state index is 0.0935. The molecule has 0 N–H and O–H groups in total. The molecule has 0 amide bonds. The highest BCUT2D eigenvalue weighted by molar-refractivity contribution is 5.77. The summed E-state index contributed by atoms with van der Waals surface area (Å²) in [6.45, 7) is 8.41. The maximum atomic E-state index is 2.63. The van der Waals surface area contributed by atoms with E-state index in [-0.39, 0.29) is 5.41 Å². The number of para-hydroxylation sites is 1. The van der Waals surface area contributed by atoms with Gasteiger partial charge in [-0.05, 0) is 36.8 Å². The monoisotopic (exact) mass is 365 g/mol. The van der Waals surface area contributed by atoms with Gasteiger partial charge in [0.2, 0.25) is 0 Å². The van der Waals surface area contributed by atoms with Crippen molar-refractivity contribution in [2.24, 2.45) is 5.92 Å². The number of fused-ring (bicyclic) bond motifs is 1. The highest BCUT2D eigenvalue weighted by Gasteiger charge is 2.39. The SMILES string of the molecule is CC1(C)C(=CC=[N+]2CCCCC2)N(CCCC2CCCC2)c2ccccc21. The highest BCUT2D eigenvalue weighted by atomic mass is 15.2. The molecular formula is C25H37N2+. The number of benzene rings is 1. The Morgan fingerprint density at radius 2 is 1.78 bits per heavy atom. The summed E-state index contributed by atoms with van der Waals surface area (Å²) >= 11 is 0. The van der Waals surface area contributed by atoms with Crippen LogP contribution in [0.15, 0.2) is 36.0 Å². The van der Waals surface area contributed by atoms with E-state index in [1.807, 2.05) is 0 Å². The van der Waals surface area contributed by atoms with E-state index in [4.69, 9.17) is 0 Å². The second-order valence-electron chi connectivity index (χ2n) is 9.38. The summed E-state index contributed by atoms with van der Waals surface area (Å²) < 4.78 is 2.52. The molecule has 0 atom stereocenters. The first-order chi connectivity index (χ1) is 13.2. The number of nitrogens with zero attached hydrogens (tertiary/aromatic N) is 2. The molecule has 0 bridgehead atoms. The standard InChI is InChI=1S/C25H37N2/c1-25(2)22-14-6-7-15-23(22)27(19-10-13-21-11-4-5-12-21)24(25)16-20-26-17-8-3-9-18-26/h6-7,14-16,20-21H,3-5,8-13,17-19H2,1-2H3/q+1. The first kappa shape index (κ1) is 18.8. The predicted molar refractivity (Wildman–Crippen MR) is 116 cm³/mol. The van der Waals surface area contributed by atoms with Crippen LogP contribution in [0.3, 0.4) is 0 Å². The summed E-state index contributed by atoms with van der Waals surface area (Å²) in [5, 5.41) is 0. The molecule has 3 aliphatic rings. The van der Waals surface area contributed by atoms with E-state index >= 15 is 0 Å². The van der Waals surface area contributed by atoms with Crippen molar-refractivity contribution in [3.8, 4) is 0 Å². The van der Waals surface area contributed by atoms with Crippen LogP contribution in [-0.4, -0.2) is 30.4 Å². The summed E-state index contributed by atoms with van der Waals surface area (Å²) in [6.07, 6.45) is 17.5. The van der Waals surface area contributed by atoms with Gasteiger partial charge in [-0.1, -0.05) is 57.7 Å². The Balaban J connectivity index is 1.55. The third kappa shape index (κ3) is 4.00. The summed E-state index contributed by atoms with van der Waals surface area (Å²) in [7, 11) is 0. The van der Waals surface area contributed by atoms with Gasteiger partial charge in [0.05, 0.1) is 0 Å². The Bertz CT molecular complexity index is 699. The van der Waals surface area contributed by atoms with E-state index in [0.29, 0.717) is 0 Å². The third-order valence-electron chi connectivity index (χ3n) is 7.10. The first-order valence-corrected chi connectivity index (χ1v) is 11.3. The number of anilines is 1. The molecule has 2 nitrogen and oxygen atoms in total. The molecule has 146 valence electrons. The molecule has 1 aliphatic carbocycles. The van der Waals surface area contributed by atoms with Crippen molar-refractivity contribution in [1.29, 1.82) is 0 Å². The molecule has 27 heavy (non-hydrogen) atoms. The van der Waals surface area contributed by atoms with Crippen LogP contribution in [0.2, 0.25) is 0 Å². The molecule has 2 aliphatic heterocycles. The second-order valence-corrected chi connectivity index (χ2v) is 9.38. The van der Waals surface area contributed by atoms with Gasteiger partial charge >= 0.3 is 0 Å². The predicted octanol–water partition coefficient (Wildman–Crippen LogP) is 5.91. The smallest absolute Gasteiger partial charge is 0.165 e. The van der Waals surface area contributed by atoms with Crippen molar-refractivity contribution < 1.29 is 4.58 Å². The average molecular weight is 366 g/mol. The molecule has 4 rings (SSSR count). The summed E-state index contributed by atoms with van der Waals surface area (Å²) in [5.41, 5.74) is 4.51. The van der Waals surface area contributed by atoms with Crippen LogP contribution in [-0.2, 0) is 5.41 Å². The molecule has 2 heterocycles. The Labute approximate surface area is 166 Å². The molecule has 1 aromatic rings. The zero-order chi connectivity index (χ0) is 18.7. The van der Waals surface area contributed by atoms with E-state index in [2.05, 4.69) is 59.9 Å². The first-order valence-electron chi connectivity index (χ1n) is 11.3. The lowest BCUT2D eigenvalue weighted by atomic mass is 9.84. The fraction of sp³-hybridized carbons (Fsp3) is 0.640. The Hall–Kier alpha value is -1.57. The third-order valence-corrected chi connectivity index (χ3v) is 7.10. The fourth-order valence-electron chi connectivity index (χ4n) is 5.46. The topological polar surface area (TPSA) is 6.25 Å². The fourth-order valence-corrected chi connectivity index (χ4v) is 5.46. The van der Waals surface area contributed by atoms with Crippen molar-refractivity contribution in [3.63, 3.8) is 0 Å². The molecule has 0 radical (unpaired) electrons. The lowest BCUT2D eigenvalue weighted by molar-refractivity contribution is -0.532. The van der Waals surface area contributed by atoms with Crippen LogP contribution in [0.25, 0.3) is 0 Å². The summed E-state index contributed by atoms with van der Waals surface area (Å²) in [4.78, 5) is 2.63. The van der Waals surface area contributed by atoms with Gasteiger partial charge < -0.3 is 4.90 Å². The van der Waals surface area contributed by atoms with Crippen LogP contribution >= 0.6 is 0 Å². The summed E-state index contributed by atoms with van der Waals surface area (Å²) in [6, 6.07) is 9.07. The minimum atomic E-state index is 0.0935. The maximum absolute atomic E-state index is 2.63. The van der Waals surface area contributed by atoms with Gasteiger partial charge in [-0.2, -0.15) is 0 Å². The number of rotatable bonds is 5. The molecular weight excluding hydrogens is 328 g/mol. The van der Waals surface area contributed by atoms with Crippen molar-refractivity contribution in [1.82, 2.24) is 0 Å². The van der Waals surface area contributed by atoms with Gasteiger partial charge in [-0.3, -0.25) is 0 Å². The largest absolute Gasteiger partial charge is 0.344 e. The molecule has 1 saturated carbocycles. The zero-order valence-corrected chi connectivity index (χ0v) is 17.4. The van der Waals surface area contributed by atoms with Crippen LogP contribution in [0.4, 0.5) is 5.69 Å². The van der Waals surface area contributed by atoms with Crippen LogP contribution in [0.1, 0.15) is 77.2 Å². The van der Waals surface area contributed by atoms with E-state index in [0.717, 1.165) is 12.5 Å². The Morgan fingerprint density at radius 1 is 1.04 bits per heavy atom. The molecule has 2 heteroatoms. The van der Waals surface area contributed by atoms with E-state index in [9.17, 15) is 0 Å². The van der Waals surface area contributed by atoms with E-state index in [1.54, 1.807) is 0 Å². The van der Waals surface area contributed by atoms with Crippen LogP contribution < -0.4 is 4.90 Å². The van der Waals surface area contributed by atoms with Gasteiger partial charge in [0.15, 0.2) is 6.21 Å². The normalized spacial score (nSPS) is 23.9. The van der Waals surface area contributed by atoms with Crippen molar-refractivity contribution in [3.05, 3.63) is 41.6 Å². The lowest BCUT2D eigenvalue weighted by Crippen LogP contribution is -2.28. The lowest BCUT2D eigenvalue weighted by Gasteiger charge is -2.27. The van der Waals surface area contributed by atoms with Gasteiger partial charge in [-0.15, -0.1) is 0 Å². The van der Waals surface area contributed by atoms with Gasteiger partial charge in [0, 0.05) is 42.3 Å². The van der Waals surface area contributed by atoms with Gasteiger partial charge in [0.1, 0.15) is 13.1 Å². The van der Waals surface area contributed by atoms with Crippen molar-refractivity contribution in [2.45, 2.75) is 77.0 Å². The molecule has 1 saturated heterocycles. The second kappa shape index (κ2) is 8.20. The van der Waals surface area contributed by atoms with Crippen molar-refractivity contribution >= 4 is 11.9 Å². The number of hydrogen-bond acceptors (Lipinski definition) is 1. The summed E-state index contributed by atoms with van der Waals surface area (Å²) in [5.74, 6) is 0.989. The quantitative estimate of drug-likeness (QED) is 0.588. The molecule has 0 aromatic heterocycles. The average Bonchev–Trinajstić information content (AvgIpc) is 3.27. The van der Waals surface area contributed by atoms with Gasteiger partial charge in [0.25, 0.3) is 0 Å². The number of allylic oxidation sites excluding steroid dienone is 2. The van der Waals surface area contributed by atoms with Crippen LogP contribution in [0.5, 0.6) is 0 Å². The van der Waals surface area contributed by atoms with Gasteiger partial charge in [-0.25, -0.2) is 4.58 Å². The molecule has 1 aromatic carbocycles. The van der Waals surface area contributed by atoms with Crippen LogP contribution in [0, 0.1) is 5.92 Å². The van der Waals surface area contributed by atoms with E-state index in [1.165, 1.54) is 87.8 Å². The zero-order valence-electron chi connectivity index (χ0n) is 17.4. The molecule has 2 fully saturated rings. The Morgan fingerprint density at radius 3 is 2.56 bits per heavy atom. The highest BCUT2D eigenvalue weighted by Crippen LogP contribution is 2.47. The Kier molecular flexibility index (Phi) is 5.71. The van der Waals surface area contributed by atoms with Crippen molar-refractivity contribution in [2.75, 3.05) is 24.5 Å². The maximum Gasteiger partial charge on any atom is 0.165 e. The number of hydrogen-bond donors (Lipinski definition) is 0. The minimum Gasteiger partial charge on any atom is -0.344 e.